The fourth-order valence-electron chi connectivity index (χ4n) is 2.94. The molecule has 0 bridgehead atoms. The Balaban J connectivity index is 2.44. The monoisotopic (exact) mass is 247 g/mol. The Morgan fingerprint density at radius 3 is 2.67 bits per heavy atom. The molecule has 2 rings (SSSR count). The quantitative estimate of drug-likeness (QED) is 0.589. The molecule has 18 heavy (non-hydrogen) atoms. The molecule has 1 aliphatic carbocycles. The molecule has 0 aliphatic heterocycles. The van der Waals surface area contributed by atoms with Crippen molar-refractivity contribution in [2.45, 2.75) is 50.7 Å². The number of hydrogen-bond acceptors (Lipinski definition) is 2. The number of carbonyl (C=O) groups excluding carboxylic acids is 1. The van der Waals surface area contributed by atoms with Crippen LogP contribution >= 0.6 is 0 Å². The third kappa shape index (κ3) is 2.51. The van der Waals surface area contributed by atoms with Gasteiger partial charge in [-0.1, -0.05) is 37.1 Å². The van der Waals surface area contributed by atoms with Crippen LogP contribution < -0.4 is 0 Å². The van der Waals surface area contributed by atoms with Crippen molar-refractivity contribution in [3.63, 3.8) is 0 Å². The fraction of sp³-hybridized carbons (Fsp3) is 0.533. The summed E-state index contributed by atoms with van der Waals surface area (Å²) in [5.74, 6) is 0. The number of isocyanates is 1. The lowest BCUT2D eigenvalue weighted by Crippen LogP contribution is -2.21. The van der Waals surface area contributed by atoms with Crippen LogP contribution in [0, 0.1) is 0 Å². The maximum Gasteiger partial charge on any atom is 0.235 e. The van der Waals surface area contributed by atoms with Gasteiger partial charge in [-0.2, -0.15) is 4.99 Å². The molecule has 2 nitrogen and oxygen atoms in total. The van der Waals surface area contributed by atoms with Gasteiger partial charge in [0.1, 0.15) is 6.17 Å². The van der Waals surface area contributed by atoms with Gasteiger partial charge in [0, 0.05) is 6.42 Å². The van der Waals surface area contributed by atoms with E-state index in [1.165, 1.54) is 0 Å². The van der Waals surface area contributed by atoms with E-state index in [0.717, 1.165) is 36.8 Å². The minimum absolute atomic E-state index is 0.381. The van der Waals surface area contributed by atoms with E-state index in [4.69, 9.17) is 0 Å². The van der Waals surface area contributed by atoms with Crippen LogP contribution in [0.3, 0.4) is 0 Å². The lowest BCUT2D eigenvalue weighted by Gasteiger charge is -2.26. The Hall–Kier alpha value is -1.47. The van der Waals surface area contributed by atoms with Gasteiger partial charge in [0.15, 0.2) is 0 Å². The van der Waals surface area contributed by atoms with Crippen LogP contribution in [0.5, 0.6) is 0 Å². The Morgan fingerprint density at radius 2 is 2.06 bits per heavy atom. The molecule has 1 unspecified atom stereocenters. The highest BCUT2D eigenvalue weighted by Crippen LogP contribution is 2.43. The van der Waals surface area contributed by atoms with E-state index in [1.807, 2.05) is 24.3 Å². The molecule has 1 saturated carbocycles. The van der Waals surface area contributed by atoms with Crippen LogP contribution in [0.4, 0.5) is 4.39 Å². The van der Waals surface area contributed by atoms with Crippen LogP contribution in [-0.2, 0) is 16.8 Å². The Morgan fingerprint density at radius 1 is 1.39 bits per heavy atom. The second-order valence-corrected chi connectivity index (χ2v) is 5.08. The van der Waals surface area contributed by atoms with Crippen LogP contribution in [0.15, 0.2) is 29.3 Å². The molecule has 0 spiro atoms. The van der Waals surface area contributed by atoms with Crippen molar-refractivity contribution in [2.75, 3.05) is 0 Å². The summed E-state index contributed by atoms with van der Waals surface area (Å²) in [7, 11) is 0. The van der Waals surface area contributed by atoms with Crippen molar-refractivity contribution < 1.29 is 9.18 Å². The van der Waals surface area contributed by atoms with E-state index in [-0.39, 0.29) is 0 Å². The summed E-state index contributed by atoms with van der Waals surface area (Å²) in [5, 5.41) is 0. The first-order valence-corrected chi connectivity index (χ1v) is 6.49. The SMILES string of the molecule is CC(F)Cc1ccccc1C1(N=C=O)CCCC1. The molecule has 0 radical (unpaired) electrons. The lowest BCUT2D eigenvalue weighted by molar-refractivity contribution is 0.356. The van der Waals surface area contributed by atoms with E-state index in [0.29, 0.717) is 6.42 Å². The van der Waals surface area contributed by atoms with Crippen molar-refractivity contribution in [1.82, 2.24) is 0 Å². The Kier molecular flexibility index (Phi) is 3.93. The number of nitrogens with zero attached hydrogens (tertiary/aromatic N) is 1. The highest BCUT2D eigenvalue weighted by molar-refractivity contribution is 5.42. The van der Waals surface area contributed by atoms with Crippen molar-refractivity contribution in [2.24, 2.45) is 4.99 Å². The number of rotatable bonds is 4. The third-order valence-electron chi connectivity index (χ3n) is 3.71. The van der Waals surface area contributed by atoms with Gasteiger partial charge in [0.25, 0.3) is 0 Å². The predicted molar refractivity (Wildman–Crippen MR) is 69.0 cm³/mol. The zero-order chi connectivity index (χ0) is 13.0. The summed E-state index contributed by atoms with van der Waals surface area (Å²) >= 11 is 0. The molecule has 0 saturated heterocycles. The predicted octanol–water partition coefficient (Wildman–Crippen LogP) is 3.69. The van der Waals surface area contributed by atoms with Crippen LogP contribution in [0.1, 0.15) is 43.7 Å². The molecular formula is C15H18FNO. The number of aliphatic imine (C=N–C) groups is 1. The average molecular weight is 247 g/mol. The zero-order valence-corrected chi connectivity index (χ0v) is 10.7. The fourth-order valence-corrected chi connectivity index (χ4v) is 2.94. The van der Waals surface area contributed by atoms with Gasteiger partial charge in [-0.05, 0) is 30.9 Å². The summed E-state index contributed by atoms with van der Waals surface area (Å²) in [4.78, 5) is 14.8. The second kappa shape index (κ2) is 5.45. The summed E-state index contributed by atoms with van der Waals surface area (Å²) < 4.78 is 13.3. The minimum Gasteiger partial charge on any atom is -0.247 e. The van der Waals surface area contributed by atoms with Gasteiger partial charge in [0.2, 0.25) is 6.08 Å². The zero-order valence-electron chi connectivity index (χ0n) is 10.7. The topological polar surface area (TPSA) is 29.4 Å². The number of alkyl halides is 1. The maximum absolute atomic E-state index is 13.3. The molecule has 1 aromatic carbocycles. The molecule has 1 aliphatic rings. The van der Waals surface area contributed by atoms with Gasteiger partial charge in [-0.3, -0.25) is 0 Å². The van der Waals surface area contributed by atoms with Crippen LogP contribution in [-0.4, -0.2) is 12.3 Å². The minimum atomic E-state index is -0.884. The van der Waals surface area contributed by atoms with Gasteiger partial charge in [-0.25, -0.2) is 9.18 Å². The van der Waals surface area contributed by atoms with Crippen LogP contribution in [0.2, 0.25) is 0 Å². The molecule has 1 fully saturated rings. The van der Waals surface area contributed by atoms with E-state index in [9.17, 15) is 9.18 Å². The lowest BCUT2D eigenvalue weighted by atomic mass is 9.84. The van der Waals surface area contributed by atoms with E-state index in [2.05, 4.69) is 4.99 Å². The summed E-state index contributed by atoms with van der Waals surface area (Å²) in [6, 6.07) is 7.76. The van der Waals surface area contributed by atoms with E-state index < -0.39 is 11.7 Å². The van der Waals surface area contributed by atoms with Gasteiger partial charge >= 0.3 is 0 Å². The van der Waals surface area contributed by atoms with Gasteiger partial charge in [-0.15, -0.1) is 0 Å². The molecule has 1 atom stereocenters. The molecule has 0 amide bonds. The number of halogens is 1. The van der Waals surface area contributed by atoms with E-state index >= 15 is 0 Å². The molecule has 0 heterocycles. The summed E-state index contributed by atoms with van der Waals surface area (Å²) in [6.07, 6.45) is 5.05. The molecule has 0 aromatic heterocycles. The van der Waals surface area contributed by atoms with E-state index in [1.54, 1.807) is 13.0 Å². The normalized spacial score (nSPS) is 19.2. The highest BCUT2D eigenvalue weighted by atomic mass is 19.1. The molecular weight excluding hydrogens is 229 g/mol. The van der Waals surface area contributed by atoms with Crippen LogP contribution in [0.25, 0.3) is 0 Å². The smallest absolute Gasteiger partial charge is 0.235 e. The second-order valence-electron chi connectivity index (χ2n) is 5.08. The summed E-state index contributed by atoms with van der Waals surface area (Å²) in [5.41, 5.74) is 1.52. The first-order valence-electron chi connectivity index (χ1n) is 6.49. The molecule has 0 N–H and O–H groups in total. The Bertz CT molecular complexity index is 457. The highest BCUT2D eigenvalue weighted by Gasteiger charge is 2.37. The first kappa shape index (κ1) is 13.0. The number of benzene rings is 1. The first-order chi connectivity index (χ1) is 8.68. The molecule has 3 heteroatoms. The standard InChI is InChI=1S/C15H18FNO/c1-12(16)10-13-6-2-3-7-14(13)15(17-11-18)8-4-5-9-15/h2-3,6-7,12H,4-5,8-10H2,1H3. The largest absolute Gasteiger partial charge is 0.247 e. The number of hydrogen-bond donors (Lipinski definition) is 0. The average Bonchev–Trinajstić information content (AvgIpc) is 2.79. The van der Waals surface area contributed by atoms with Crippen molar-refractivity contribution in [3.05, 3.63) is 35.4 Å². The van der Waals surface area contributed by atoms with Crippen molar-refractivity contribution >= 4 is 6.08 Å². The third-order valence-corrected chi connectivity index (χ3v) is 3.71. The molecule has 96 valence electrons. The summed E-state index contributed by atoms with van der Waals surface area (Å²) in [6.45, 7) is 1.56. The maximum atomic E-state index is 13.3. The Labute approximate surface area is 107 Å². The molecule has 1 aromatic rings. The van der Waals surface area contributed by atoms with Crippen molar-refractivity contribution in [3.8, 4) is 0 Å². The van der Waals surface area contributed by atoms with Gasteiger partial charge in [0.05, 0.1) is 5.54 Å². The van der Waals surface area contributed by atoms with Gasteiger partial charge < -0.3 is 0 Å². The van der Waals surface area contributed by atoms with Crippen molar-refractivity contribution in [1.29, 1.82) is 0 Å².